The first-order valence-corrected chi connectivity index (χ1v) is 9.84. The minimum atomic E-state index is -2.92. The Balaban J connectivity index is 2.56. The van der Waals surface area contributed by atoms with E-state index in [2.05, 4.69) is 29.1 Å². The largest absolute Gasteiger partial charge is 0.355 e. The minimum Gasteiger partial charge on any atom is -0.355 e. The van der Waals surface area contributed by atoms with Gasteiger partial charge in [0, 0.05) is 32.4 Å². The first-order chi connectivity index (χ1) is 9.86. The third kappa shape index (κ3) is 5.85. The molecular weight excluding hydrogens is 286 g/mol. The van der Waals surface area contributed by atoms with Gasteiger partial charge < -0.3 is 10.2 Å². The zero-order valence-electron chi connectivity index (χ0n) is 14.0. The van der Waals surface area contributed by atoms with Crippen LogP contribution in [0.25, 0.3) is 0 Å². The monoisotopic (exact) mass is 317 g/mol. The van der Waals surface area contributed by atoms with E-state index in [1.165, 1.54) is 25.7 Å². The summed E-state index contributed by atoms with van der Waals surface area (Å²) in [6.45, 7) is 8.69. The van der Waals surface area contributed by atoms with Gasteiger partial charge in [0.25, 0.3) is 0 Å². The summed E-state index contributed by atoms with van der Waals surface area (Å²) in [5.74, 6) is 1.21. The van der Waals surface area contributed by atoms with Crippen LogP contribution in [-0.2, 0) is 9.84 Å². The van der Waals surface area contributed by atoms with E-state index in [1.807, 2.05) is 0 Å². The van der Waals surface area contributed by atoms with Gasteiger partial charge in [-0.3, -0.25) is 4.99 Å². The van der Waals surface area contributed by atoms with Crippen molar-refractivity contribution in [2.45, 2.75) is 46.5 Å². The number of hydrogen-bond acceptors (Lipinski definition) is 3. The lowest BCUT2D eigenvalue weighted by Gasteiger charge is -2.42. The molecule has 1 fully saturated rings. The van der Waals surface area contributed by atoms with E-state index in [1.54, 1.807) is 14.0 Å². The number of sulfone groups is 1. The summed E-state index contributed by atoms with van der Waals surface area (Å²) in [4.78, 5) is 6.59. The van der Waals surface area contributed by atoms with Crippen molar-refractivity contribution < 1.29 is 8.42 Å². The molecule has 0 saturated carbocycles. The summed E-state index contributed by atoms with van der Waals surface area (Å²) in [5.41, 5.74) is 0.347. The van der Waals surface area contributed by atoms with Crippen molar-refractivity contribution in [2.24, 2.45) is 10.4 Å². The van der Waals surface area contributed by atoms with Crippen LogP contribution in [0.4, 0.5) is 0 Å². The van der Waals surface area contributed by atoms with E-state index in [9.17, 15) is 8.42 Å². The highest BCUT2D eigenvalue weighted by molar-refractivity contribution is 7.91. The number of hydrogen-bond donors (Lipinski definition) is 1. The number of likely N-dealkylation sites (tertiary alicyclic amines) is 1. The number of rotatable bonds is 6. The lowest BCUT2D eigenvalue weighted by atomic mass is 9.78. The van der Waals surface area contributed by atoms with Gasteiger partial charge in [0.2, 0.25) is 0 Å². The van der Waals surface area contributed by atoms with E-state index >= 15 is 0 Å². The molecule has 1 aliphatic heterocycles. The maximum Gasteiger partial charge on any atom is 0.193 e. The van der Waals surface area contributed by atoms with Gasteiger partial charge >= 0.3 is 0 Å². The lowest BCUT2D eigenvalue weighted by Crippen LogP contribution is -2.50. The fourth-order valence-corrected chi connectivity index (χ4v) is 3.80. The molecule has 1 atom stereocenters. The molecule has 21 heavy (non-hydrogen) atoms. The van der Waals surface area contributed by atoms with Crippen LogP contribution in [0, 0.1) is 5.41 Å². The summed E-state index contributed by atoms with van der Waals surface area (Å²) in [5, 5.41) is 3.21. The highest BCUT2D eigenvalue weighted by atomic mass is 32.2. The van der Waals surface area contributed by atoms with Crippen molar-refractivity contribution >= 4 is 15.8 Å². The smallest absolute Gasteiger partial charge is 0.193 e. The summed E-state index contributed by atoms with van der Waals surface area (Å²) < 4.78 is 23.1. The van der Waals surface area contributed by atoms with Gasteiger partial charge in [-0.2, -0.15) is 0 Å². The molecule has 1 saturated heterocycles. The average Bonchev–Trinajstić information content (AvgIpc) is 2.43. The zero-order chi connectivity index (χ0) is 15.9. The molecule has 1 rings (SSSR count). The number of guanidine groups is 1. The van der Waals surface area contributed by atoms with Crippen molar-refractivity contribution in [3.05, 3.63) is 0 Å². The molecule has 1 heterocycles. The van der Waals surface area contributed by atoms with Crippen LogP contribution in [0.5, 0.6) is 0 Å². The average molecular weight is 317 g/mol. The van der Waals surface area contributed by atoms with Crippen LogP contribution in [0.1, 0.15) is 46.5 Å². The van der Waals surface area contributed by atoms with Crippen LogP contribution < -0.4 is 5.32 Å². The highest BCUT2D eigenvalue weighted by Crippen LogP contribution is 2.33. The summed E-state index contributed by atoms with van der Waals surface area (Å²) in [6, 6.07) is 0. The normalized spacial score (nSPS) is 24.2. The van der Waals surface area contributed by atoms with Crippen LogP contribution in [-0.4, -0.2) is 57.5 Å². The molecule has 0 bridgehead atoms. The van der Waals surface area contributed by atoms with Gasteiger partial charge in [-0.1, -0.05) is 27.2 Å². The molecule has 0 aliphatic carbocycles. The maximum atomic E-state index is 11.5. The van der Waals surface area contributed by atoms with Crippen LogP contribution in [0.15, 0.2) is 4.99 Å². The van der Waals surface area contributed by atoms with E-state index in [0.29, 0.717) is 12.0 Å². The molecule has 6 heteroatoms. The first-order valence-electron chi connectivity index (χ1n) is 8.02. The Bertz CT molecular complexity index is 444. The van der Waals surface area contributed by atoms with Gasteiger partial charge in [-0.05, 0) is 24.7 Å². The van der Waals surface area contributed by atoms with Crippen molar-refractivity contribution in [3.63, 3.8) is 0 Å². The molecule has 0 aromatic rings. The summed E-state index contributed by atoms with van der Waals surface area (Å²) >= 11 is 0. The number of nitrogens with one attached hydrogen (secondary N) is 1. The molecule has 0 spiro atoms. The molecule has 0 amide bonds. The third-order valence-electron chi connectivity index (χ3n) is 4.28. The van der Waals surface area contributed by atoms with Gasteiger partial charge in [-0.15, -0.1) is 0 Å². The topological polar surface area (TPSA) is 61.8 Å². The Hall–Kier alpha value is -0.780. The van der Waals surface area contributed by atoms with Crippen molar-refractivity contribution in [2.75, 3.05) is 38.2 Å². The Labute approximate surface area is 130 Å². The Morgan fingerprint density at radius 2 is 2.10 bits per heavy atom. The standard InChI is InChI=1S/C15H31N3O2S/c1-5-8-15(3)9-7-11-18(13-15)14(16-4)17-10-12-21(19,20)6-2/h5-13H2,1-4H3,(H,16,17). The molecule has 1 aliphatic rings. The van der Waals surface area contributed by atoms with Crippen molar-refractivity contribution in [3.8, 4) is 0 Å². The van der Waals surface area contributed by atoms with Crippen LogP contribution in [0.3, 0.4) is 0 Å². The first kappa shape index (κ1) is 18.3. The fraction of sp³-hybridized carbons (Fsp3) is 0.933. The van der Waals surface area contributed by atoms with E-state index in [0.717, 1.165) is 19.0 Å². The van der Waals surface area contributed by atoms with Crippen LogP contribution in [0.2, 0.25) is 0 Å². The molecule has 1 unspecified atom stereocenters. The SMILES string of the molecule is CCCC1(C)CCCN(C(=NC)NCCS(=O)(=O)CC)C1. The quantitative estimate of drug-likeness (QED) is 0.600. The maximum absolute atomic E-state index is 11.5. The van der Waals surface area contributed by atoms with E-state index in [-0.39, 0.29) is 11.5 Å². The second kappa shape index (κ2) is 8.01. The van der Waals surface area contributed by atoms with Crippen molar-refractivity contribution in [1.82, 2.24) is 10.2 Å². The summed E-state index contributed by atoms with van der Waals surface area (Å²) in [6.07, 6.45) is 4.86. The number of aliphatic imine (C=N–C) groups is 1. The predicted molar refractivity (Wildman–Crippen MR) is 89.5 cm³/mol. The molecule has 1 N–H and O–H groups in total. The van der Waals surface area contributed by atoms with Gasteiger partial charge in [-0.25, -0.2) is 8.42 Å². The third-order valence-corrected chi connectivity index (χ3v) is 5.99. The van der Waals surface area contributed by atoms with Gasteiger partial charge in [0.1, 0.15) is 0 Å². The van der Waals surface area contributed by atoms with E-state index < -0.39 is 9.84 Å². The molecule has 5 nitrogen and oxygen atoms in total. The highest BCUT2D eigenvalue weighted by Gasteiger charge is 2.31. The second-order valence-electron chi connectivity index (χ2n) is 6.30. The van der Waals surface area contributed by atoms with Gasteiger partial charge in [0.15, 0.2) is 15.8 Å². The molecular formula is C15H31N3O2S. The summed E-state index contributed by atoms with van der Waals surface area (Å²) in [7, 11) is -1.16. The Morgan fingerprint density at radius 3 is 2.67 bits per heavy atom. The van der Waals surface area contributed by atoms with Gasteiger partial charge in [0.05, 0.1) is 5.75 Å². The van der Waals surface area contributed by atoms with E-state index in [4.69, 9.17) is 0 Å². The van der Waals surface area contributed by atoms with Crippen molar-refractivity contribution in [1.29, 1.82) is 0 Å². The minimum absolute atomic E-state index is 0.169. The fourth-order valence-electron chi connectivity index (χ4n) is 3.10. The molecule has 0 radical (unpaired) electrons. The predicted octanol–water partition coefficient (Wildman–Crippen LogP) is 1.90. The zero-order valence-corrected chi connectivity index (χ0v) is 14.8. The lowest BCUT2D eigenvalue weighted by molar-refractivity contribution is 0.143. The Morgan fingerprint density at radius 1 is 1.38 bits per heavy atom. The second-order valence-corrected chi connectivity index (χ2v) is 8.77. The molecule has 0 aromatic heterocycles. The number of piperidine rings is 1. The molecule has 0 aromatic carbocycles. The molecule has 124 valence electrons. The van der Waals surface area contributed by atoms with Crippen LogP contribution >= 0.6 is 0 Å². The number of nitrogens with zero attached hydrogens (tertiary/aromatic N) is 2. The Kier molecular flexibility index (Phi) is 6.97.